The highest BCUT2D eigenvalue weighted by atomic mass is 79.9. The number of nitrogens with one attached hydrogen (secondary N) is 2. The molecule has 1 aliphatic rings. The zero-order chi connectivity index (χ0) is 22.5. The van der Waals surface area contributed by atoms with Crippen molar-refractivity contribution in [3.05, 3.63) is 67.1 Å². The van der Waals surface area contributed by atoms with Crippen molar-refractivity contribution in [1.82, 2.24) is 5.32 Å². The number of phenols is 1. The van der Waals surface area contributed by atoms with Gasteiger partial charge in [-0.1, -0.05) is 36.9 Å². The quantitative estimate of drug-likeness (QED) is 0.448. The Labute approximate surface area is 201 Å². The summed E-state index contributed by atoms with van der Waals surface area (Å²) in [4.78, 5) is 24.8. The number of anilines is 1. The van der Waals surface area contributed by atoms with Gasteiger partial charge in [-0.15, -0.1) is 0 Å². The predicted molar refractivity (Wildman–Crippen MR) is 129 cm³/mol. The summed E-state index contributed by atoms with van der Waals surface area (Å²) in [5.41, 5.74) is 2.89. The van der Waals surface area contributed by atoms with Gasteiger partial charge >= 0.3 is 0 Å². The zero-order valence-electron chi connectivity index (χ0n) is 16.5. The van der Waals surface area contributed by atoms with E-state index in [2.05, 4.69) is 48.6 Å². The van der Waals surface area contributed by atoms with Crippen LogP contribution in [0.4, 0.5) is 5.69 Å². The first-order valence-electron chi connectivity index (χ1n) is 9.46. The molecule has 2 amide bonds. The maximum atomic E-state index is 12.5. The van der Waals surface area contributed by atoms with E-state index in [1.165, 1.54) is 0 Å². The minimum absolute atomic E-state index is 0.0464. The van der Waals surface area contributed by atoms with Crippen LogP contribution in [0.25, 0.3) is 0 Å². The lowest BCUT2D eigenvalue weighted by atomic mass is 9.87. The number of nitriles is 1. The Morgan fingerprint density at radius 3 is 2.65 bits per heavy atom. The molecule has 31 heavy (non-hydrogen) atoms. The number of aryl methyl sites for hydroxylation is 1. The average molecular weight is 565 g/mol. The van der Waals surface area contributed by atoms with E-state index in [-0.39, 0.29) is 29.7 Å². The number of hydrogen-bond acceptors (Lipinski definition) is 5. The number of carbonyl (C=O) groups is 2. The van der Waals surface area contributed by atoms with Crippen molar-refractivity contribution in [2.45, 2.75) is 25.7 Å². The Kier molecular flexibility index (Phi) is 7.81. The van der Waals surface area contributed by atoms with Gasteiger partial charge in [0.2, 0.25) is 11.8 Å². The molecule has 1 atom stereocenters. The van der Waals surface area contributed by atoms with Crippen molar-refractivity contribution in [2.24, 2.45) is 0 Å². The second-order valence-electron chi connectivity index (χ2n) is 6.84. The van der Waals surface area contributed by atoms with Crippen LogP contribution in [0.5, 0.6) is 5.75 Å². The molecule has 1 aliphatic heterocycles. The third-order valence-corrected chi connectivity index (χ3v) is 7.04. The molecule has 160 valence electrons. The molecule has 0 saturated carbocycles. The van der Waals surface area contributed by atoms with E-state index in [1.807, 2.05) is 31.2 Å². The fourth-order valence-electron chi connectivity index (χ4n) is 3.28. The lowest BCUT2D eigenvalue weighted by molar-refractivity contribution is -0.121. The highest BCUT2D eigenvalue weighted by Crippen LogP contribution is 2.41. The monoisotopic (exact) mass is 563 g/mol. The van der Waals surface area contributed by atoms with Crippen LogP contribution in [-0.4, -0.2) is 22.7 Å². The lowest BCUT2D eigenvalue weighted by Crippen LogP contribution is -2.31. The van der Waals surface area contributed by atoms with E-state index >= 15 is 0 Å². The molecule has 6 nitrogen and oxygen atoms in total. The molecule has 2 aromatic carbocycles. The van der Waals surface area contributed by atoms with Crippen molar-refractivity contribution >= 4 is 61.1 Å². The van der Waals surface area contributed by atoms with Crippen molar-refractivity contribution in [1.29, 1.82) is 5.26 Å². The van der Waals surface area contributed by atoms with Crippen molar-refractivity contribution in [3.8, 4) is 11.8 Å². The molecule has 0 bridgehead atoms. The predicted octanol–water partition coefficient (Wildman–Crippen LogP) is 5.19. The van der Waals surface area contributed by atoms with Gasteiger partial charge in [-0.05, 0) is 67.6 Å². The Morgan fingerprint density at radius 2 is 2.00 bits per heavy atom. The van der Waals surface area contributed by atoms with Crippen LogP contribution < -0.4 is 10.6 Å². The number of para-hydroxylation sites is 1. The van der Waals surface area contributed by atoms with Gasteiger partial charge in [0.1, 0.15) is 5.75 Å². The molecule has 3 N–H and O–H groups in total. The minimum Gasteiger partial charge on any atom is -0.506 e. The SMILES string of the molecule is CCc1ccccc1NC(=O)CSC1=C(C#N)C(c2cc(Br)c(O)c(Br)c2)CC(=O)N1. The number of hydrogen-bond donors (Lipinski definition) is 3. The van der Waals surface area contributed by atoms with Crippen molar-refractivity contribution < 1.29 is 14.7 Å². The van der Waals surface area contributed by atoms with E-state index in [0.29, 0.717) is 25.1 Å². The molecule has 0 spiro atoms. The molecule has 3 rings (SSSR count). The van der Waals surface area contributed by atoms with Gasteiger partial charge in [0.05, 0.1) is 31.4 Å². The number of amides is 2. The van der Waals surface area contributed by atoms with E-state index in [1.54, 1.807) is 12.1 Å². The molecule has 0 aliphatic carbocycles. The molecular weight excluding hydrogens is 546 g/mol. The maximum absolute atomic E-state index is 12.5. The summed E-state index contributed by atoms with van der Waals surface area (Å²) >= 11 is 7.71. The summed E-state index contributed by atoms with van der Waals surface area (Å²) in [6, 6.07) is 13.2. The van der Waals surface area contributed by atoms with Crippen LogP contribution in [0.3, 0.4) is 0 Å². The molecule has 0 aromatic heterocycles. The normalized spacial score (nSPS) is 15.9. The van der Waals surface area contributed by atoms with Gasteiger partial charge in [-0.3, -0.25) is 9.59 Å². The maximum Gasteiger partial charge on any atom is 0.234 e. The van der Waals surface area contributed by atoms with Gasteiger partial charge < -0.3 is 15.7 Å². The molecule has 1 heterocycles. The topological polar surface area (TPSA) is 102 Å². The fourth-order valence-corrected chi connectivity index (χ4v) is 5.38. The largest absolute Gasteiger partial charge is 0.506 e. The molecular formula is C22H19Br2N3O3S. The van der Waals surface area contributed by atoms with Crippen LogP contribution >= 0.6 is 43.6 Å². The summed E-state index contributed by atoms with van der Waals surface area (Å²) in [5.74, 6) is -0.830. The smallest absolute Gasteiger partial charge is 0.234 e. The second-order valence-corrected chi connectivity index (χ2v) is 9.53. The summed E-state index contributed by atoms with van der Waals surface area (Å²) in [6.07, 6.45) is 0.898. The Bertz CT molecular complexity index is 1090. The fraction of sp³-hybridized carbons (Fsp3) is 0.227. The molecule has 0 saturated heterocycles. The number of phenolic OH excluding ortho intramolecular Hbond substituents is 1. The first-order valence-corrected chi connectivity index (χ1v) is 12.0. The summed E-state index contributed by atoms with van der Waals surface area (Å²) in [7, 11) is 0. The first-order chi connectivity index (χ1) is 14.8. The number of carbonyl (C=O) groups excluding carboxylic acids is 2. The Hall–Kier alpha value is -2.28. The van der Waals surface area contributed by atoms with E-state index < -0.39 is 5.92 Å². The van der Waals surface area contributed by atoms with Gasteiger partial charge in [0.25, 0.3) is 0 Å². The summed E-state index contributed by atoms with van der Waals surface area (Å²) < 4.78 is 0.923. The second kappa shape index (κ2) is 10.4. The van der Waals surface area contributed by atoms with E-state index in [4.69, 9.17) is 0 Å². The van der Waals surface area contributed by atoms with Gasteiger partial charge in [-0.25, -0.2) is 0 Å². The number of aromatic hydroxyl groups is 1. The van der Waals surface area contributed by atoms with E-state index in [0.717, 1.165) is 29.4 Å². The summed E-state index contributed by atoms with van der Waals surface area (Å²) in [6.45, 7) is 2.02. The summed E-state index contributed by atoms with van der Waals surface area (Å²) in [5, 5.41) is 25.8. The average Bonchev–Trinajstić information content (AvgIpc) is 2.75. The Balaban J connectivity index is 1.81. The number of halogens is 2. The van der Waals surface area contributed by atoms with Gasteiger partial charge in [0, 0.05) is 18.0 Å². The number of allylic oxidation sites excluding steroid dienone is 1. The van der Waals surface area contributed by atoms with Gasteiger partial charge in [0.15, 0.2) is 0 Å². The van der Waals surface area contributed by atoms with Crippen molar-refractivity contribution in [3.63, 3.8) is 0 Å². The van der Waals surface area contributed by atoms with Crippen LogP contribution in [0, 0.1) is 11.3 Å². The van der Waals surface area contributed by atoms with Crippen LogP contribution in [0.1, 0.15) is 30.4 Å². The lowest BCUT2D eigenvalue weighted by Gasteiger charge is -2.25. The first kappa shape index (κ1) is 23.4. The molecule has 0 fully saturated rings. The third kappa shape index (κ3) is 5.50. The van der Waals surface area contributed by atoms with Crippen molar-refractivity contribution in [2.75, 3.05) is 11.1 Å². The zero-order valence-corrected chi connectivity index (χ0v) is 20.5. The standard InChI is InChI=1S/C22H19Br2N3O3S/c1-2-12-5-3-4-6-18(12)26-20(29)11-31-22-15(10-25)14(9-19(28)27-22)13-7-16(23)21(30)17(24)8-13/h3-8,14,30H,2,9,11H2,1H3,(H,26,29)(H,27,28). The molecule has 0 radical (unpaired) electrons. The molecule has 2 aromatic rings. The number of nitrogens with zero attached hydrogens (tertiary/aromatic N) is 1. The van der Waals surface area contributed by atoms with Gasteiger partial charge in [-0.2, -0.15) is 5.26 Å². The van der Waals surface area contributed by atoms with Crippen LogP contribution in [0.2, 0.25) is 0 Å². The number of rotatable bonds is 6. The van der Waals surface area contributed by atoms with Crippen LogP contribution in [-0.2, 0) is 16.0 Å². The third-order valence-electron chi connectivity index (χ3n) is 4.82. The number of thioether (sulfide) groups is 1. The van der Waals surface area contributed by atoms with Crippen LogP contribution in [0.15, 0.2) is 55.9 Å². The highest BCUT2D eigenvalue weighted by molar-refractivity contribution is 9.11. The molecule has 1 unspecified atom stereocenters. The Morgan fingerprint density at radius 1 is 1.32 bits per heavy atom. The van der Waals surface area contributed by atoms with E-state index in [9.17, 15) is 20.0 Å². The minimum atomic E-state index is -0.474. The number of benzene rings is 2. The molecule has 9 heteroatoms. The highest BCUT2D eigenvalue weighted by Gasteiger charge is 2.30.